The highest BCUT2D eigenvalue weighted by Crippen LogP contribution is 2.62. The standard InChI is InChI=1S/C31H19F4IO9S/c32-24-23(29(37)38)25(33)27(35)28(26(24)34)45-31(40)22-20-15-7-3-1-5-13(15)19(14-6-2-4-8-16(14)20)21(22)30(39)44-12-9-10-18(17(36)11-12)46(41,42)43/h1-11,13,15,19-22H,(H,37,38)(H,41,42,43). The molecular formula is C31H19F4IO9S. The summed E-state index contributed by atoms with van der Waals surface area (Å²) in [5, 5.41) is 9.01. The smallest absolute Gasteiger partial charge is 0.341 e. The van der Waals surface area contributed by atoms with E-state index < -0.39 is 97.1 Å². The van der Waals surface area contributed by atoms with Gasteiger partial charge in [0.2, 0.25) is 17.4 Å². The maximum Gasteiger partial charge on any atom is 0.341 e. The molecule has 2 bridgehead atoms. The fraction of sp³-hybridized carbons (Fsp3) is 0.194. The normalized spacial score (nSPS) is 24.2. The van der Waals surface area contributed by atoms with E-state index in [0.29, 0.717) is 11.1 Å². The second-order valence-electron chi connectivity index (χ2n) is 10.8. The van der Waals surface area contributed by atoms with E-state index in [9.17, 15) is 44.9 Å². The number of esters is 2. The number of allylic oxidation sites excluding steroid dienone is 4. The minimum atomic E-state index is -4.59. The van der Waals surface area contributed by atoms with Gasteiger partial charge in [-0.15, -0.1) is 0 Å². The molecule has 0 saturated heterocycles. The van der Waals surface area contributed by atoms with Crippen LogP contribution in [0.15, 0.2) is 71.7 Å². The van der Waals surface area contributed by atoms with E-state index in [0.717, 1.165) is 18.2 Å². The Morgan fingerprint density at radius 2 is 1.26 bits per heavy atom. The summed E-state index contributed by atoms with van der Waals surface area (Å²) in [7, 11) is -4.59. The van der Waals surface area contributed by atoms with Crippen molar-refractivity contribution in [1.82, 2.24) is 0 Å². The summed E-state index contributed by atoms with van der Waals surface area (Å²) in [6.45, 7) is 0. The first-order valence-corrected chi connectivity index (χ1v) is 16.0. The van der Waals surface area contributed by atoms with Crippen LogP contribution in [0.2, 0.25) is 0 Å². The highest BCUT2D eigenvalue weighted by Gasteiger charge is 2.61. The summed E-state index contributed by atoms with van der Waals surface area (Å²) in [5.41, 5.74) is -0.596. The summed E-state index contributed by atoms with van der Waals surface area (Å²) in [4.78, 5) is 38.6. The van der Waals surface area contributed by atoms with Crippen molar-refractivity contribution < 1.29 is 59.5 Å². The molecule has 3 aromatic rings. The first-order valence-electron chi connectivity index (χ1n) is 13.5. The van der Waals surface area contributed by atoms with Crippen LogP contribution in [0, 0.1) is 50.5 Å². The molecule has 2 N–H and O–H groups in total. The van der Waals surface area contributed by atoms with Crippen LogP contribution in [0.1, 0.15) is 33.3 Å². The van der Waals surface area contributed by atoms with Crippen molar-refractivity contribution >= 4 is 50.6 Å². The molecule has 0 aliphatic heterocycles. The Kier molecular flexibility index (Phi) is 8.05. The number of hydrogen-bond acceptors (Lipinski definition) is 7. The molecule has 4 aliphatic rings. The number of carboxylic acid groups (broad SMARTS) is 1. The highest BCUT2D eigenvalue weighted by molar-refractivity contribution is 14.1. The molecule has 9 nitrogen and oxygen atoms in total. The van der Waals surface area contributed by atoms with Crippen LogP contribution >= 0.6 is 22.6 Å². The maximum atomic E-state index is 14.9. The van der Waals surface area contributed by atoms with Gasteiger partial charge in [0.15, 0.2) is 11.6 Å². The maximum absolute atomic E-state index is 14.9. The van der Waals surface area contributed by atoms with Gasteiger partial charge in [-0.3, -0.25) is 14.1 Å². The van der Waals surface area contributed by atoms with Gasteiger partial charge in [-0.1, -0.05) is 48.6 Å². The van der Waals surface area contributed by atoms with E-state index in [1.54, 1.807) is 65.1 Å². The Morgan fingerprint density at radius 3 is 1.72 bits per heavy atom. The van der Waals surface area contributed by atoms with Gasteiger partial charge in [0.05, 0.1) is 11.8 Å². The third-order valence-electron chi connectivity index (χ3n) is 8.51. The molecule has 15 heteroatoms. The van der Waals surface area contributed by atoms with Crippen LogP contribution in [0.5, 0.6) is 11.5 Å². The number of carboxylic acids is 1. The van der Waals surface area contributed by atoms with Gasteiger partial charge in [-0.05, 0) is 63.8 Å². The molecular weight excluding hydrogens is 751 g/mol. The predicted octanol–water partition coefficient (Wildman–Crippen LogP) is 5.79. The first kappa shape index (κ1) is 31.9. The molecule has 0 aromatic heterocycles. The number of benzene rings is 3. The van der Waals surface area contributed by atoms with Gasteiger partial charge in [0, 0.05) is 15.4 Å². The van der Waals surface area contributed by atoms with E-state index in [1.807, 2.05) is 6.08 Å². The Hall–Kier alpha value is -4.09. The van der Waals surface area contributed by atoms with Crippen molar-refractivity contribution in [2.24, 2.45) is 23.7 Å². The number of aromatic carboxylic acids is 1. The second kappa shape index (κ2) is 11.6. The van der Waals surface area contributed by atoms with Crippen molar-refractivity contribution in [3.8, 4) is 11.5 Å². The van der Waals surface area contributed by atoms with Crippen molar-refractivity contribution in [1.29, 1.82) is 0 Å². The largest absolute Gasteiger partial charge is 0.477 e. The highest BCUT2D eigenvalue weighted by atomic mass is 127. The fourth-order valence-corrected chi connectivity index (χ4v) is 8.65. The minimum Gasteiger partial charge on any atom is -0.477 e. The molecule has 1 saturated carbocycles. The van der Waals surface area contributed by atoms with Gasteiger partial charge in [-0.2, -0.15) is 17.2 Å². The van der Waals surface area contributed by atoms with Gasteiger partial charge in [0.25, 0.3) is 10.1 Å². The number of fused-ring (bicyclic) bond motifs is 1. The van der Waals surface area contributed by atoms with Crippen molar-refractivity contribution in [3.05, 3.63) is 110 Å². The number of carbonyl (C=O) groups is 3. The third kappa shape index (κ3) is 5.09. The second-order valence-corrected chi connectivity index (χ2v) is 13.4. The molecule has 0 amide bonds. The summed E-state index contributed by atoms with van der Waals surface area (Å²) >= 11 is 1.61. The van der Waals surface area contributed by atoms with E-state index in [-0.39, 0.29) is 15.2 Å². The van der Waals surface area contributed by atoms with E-state index in [1.165, 1.54) is 0 Å². The number of carbonyl (C=O) groups excluding carboxylic acids is 2. The molecule has 238 valence electrons. The number of ether oxygens (including phenoxy) is 2. The molecule has 7 rings (SSSR count). The zero-order chi connectivity index (χ0) is 33.2. The Morgan fingerprint density at radius 1 is 0.761 bits per heavy atom. The predicted molar refractivity (Wildman–Crippen MR) is 158 cm³/mol. The monoisotopic (exact) mass is 770 g/mol. The lowest BCUT2D eigenvalue weighted by atomic mass is 9.48. The number of rotatable bonds is 6. The quantitative estimate of drug-likeness (QED) is 0.0796. The minimum absolute atomic E-state index is 0.0112. The van der Waals surface area contributed by atoms with Gasteiger partial charge < -0.3 is 14.6 Å². The number of halogens is 5. The molecule has 6 unspecified atom stereocenters. The first-order chi connectivity index (χ1) is 21.7. The fourth-order valence-electron chi connectivity index (χ4n) is 6.79. The van der Waals surface area contributed by atoms with E-state index in [4.69, 9.17) is 14.6 Å². The lowest BCUT2D eigenvalue weighted by molar-refractivity contribution is -0.158. The zero-order valence-electron chi connectivity index (χ0n) is 22.9. The SMILES string of the molecule is O=C(O)c1c(F)c(F)c(OC(=O)C2C(C(=O)Oc3ccc(S(=O)(=O)O)c(I)c3)C3c4ccccc4C2C2C=CC=CC23)c(F)c1F. The molecule has 0 radical (unpaired) electrons. The van der Waals surface area contributed by atoms with Crippen molar-refractivity contribution in [2.45, 2.75) is 16.7 Å². The van der Waals surface area contributed by atoms with Crippen LogP contribution in [-0.2, 0) is 19.7 Å². The molecule has 3 aromatic carbocycles. The summed E-state index contributed by atoms with van der Waals surface area (Å²) in [6.07, 6.45) is 7.14. The van der Waals surface area contributed by atoms with Crippen molar-refractivity contribution in [2.75, 3.05) is 0 Å². The zero-order valence-corrected chi connectivity index (χ0v) is 25.8. The molecule has 4 aliphatic carbocycles. The Labute approximate surface area is 271 Å². The Bertz CT molecular complexity index is 1980. The van der Waals surface area contributed by atoms with Crippen LogP contribution in [-0.4, -0.2) is 36.0 Å². The van der Waals surface area contributed by atoms with Gasteiger partial charge in [-0.25, -0.2) is 13.6 Å². The average molecular weight is 770 g/mol. The lowest BCUT2D eigenvalue weighted by Crippen LogP contribution is -2.55. The molecule has 6 atom stereocenters. The Balaban J connectivity index is 1.45. The van der Waals surface area contributed by atoms with Crippen molar-refractivity contribution in [3.63, 3.8) is 0 Å². The van der Waals surface area contributed by atoms with Crippen LogP contribution in [0.3, 0.4) is 0 Å². The molecule has 46 heavy (non-hydrogen) atoms. The third-order valence-corrected chi connectivity index (χ3v) is 10.7. The lowest BCUT2D eigenvalue weighted by Gasteiger charge is -2.54. The van der Waals surface area contributed by atoms with Crippen LogP contribution in [0.25, 0.3) is 0 Å². The molecule has 0 spiro atoms. The topological polar surface area (TPSA) is 144 Å². The van der Waals surface area contributed by atoms with Gasteiger partial charge in [0.1, 0.15) is 16.2 Å². The van der Waals surface area contributed by atoms with Crippen LogP contribution in [0.4, 0.5) is 17.6 Å². The number of hydrogen-bond donors (Lipinski definition) is 2. The van der Waals surface area contributed by atoms with E-state index in [2.05, 4.69) is 0 Å². The van der Waals surface area contributed by atoms with Crippen LogP contribution < -0.4 is 9.47 Å². The van der Waals surface area contributed by atoms with E-state index >= 15 is 0 Å². The van der Waals surface area contributed by atoms with Gasteiger partial charge >= 0.3 is 17.9 Å². The summed E-state index contributed by atoms with van der Waals surface area (Å²) in [6, 6.07) is 10.2. The summed E-state index contributed by atoms with van der Waals surface area (Å²) < 4.78 is 102. The average Bonchev–Trinajstić information content (AvgIpc) is 3.01. The summed E-state index contributed by atoms with van der Waals surface area (Å²) in [5.74, 6) is -21.0. The molecule has 0 heterocycles. The molecule has 1 fully saturated rings.